The summed E-state index contributed by atoms with van der Waals surface area (Å²) in [5.41, 5.74) is 0.635. The van der Waals surface area contributed by atoms with Gasteiger partial charge < -0.3 is 14.9 Å². The van der Waals surface area contributed by atoms with E-state index in [4.69, 9.17) is 9.84 Å². The van der Waals surface area contributed by atoms with Gasteiger partial charge in [0.2, 0.25) is 0 Å². The first kappa shape index (κ1) is 11.8. The lowest BCUT2D eigenvalue weighted by atomic mass is 10.2. The number of carboxylic acids is 1. The third kappa shape index (κ3) is 2.85. The molecule has 5 heteroatoms. The first-order valence-electron chi connectivity index (χ1n) is 4.02. The number of methoxy groups -OCH3 is 1. The maximum absolute atomic E-state index is 10.3. The van der Waals surface area contributed by atoms with E-state index in [2.05, 4.69) is 0 Å². The molecular weight excluding hydrogens is 311 g/mol. The summed E-state index contributed by atoms with van der Waals surface area (Å²) in [6.45, 7) is 0. The van der Waals surface area contributed by atoms with Crippen LogP contribution in [-0.4, -0.2) is 23.3 Å². The quantitative estimate of drug-likeness (QED) is 0.661. The Morgan fingerprint density at radius 2 is 2.20 bits per heavy atom. The second-order valence-corrected chi connectivity index (χ2v) is 3.77. The number of phenolic OH excluding ortho intramolecular Hbond substituents is 1. The summed E-state index contributed by atoms with van der Waals surface area (Å²) in [7, 11) is 1.46. The summed E-state index contributed by atoms with van der Waals surface area (Å²) in [6, 6.07) is 3.26. The van der Waals surface area contributed by atoms with Crippen LogP contribution in [-0.2, 0) is 4.79 Å². The summed E-state index contributed by atoms with van der Waals surface area (Å²) < 4.78 is 5.47. The van der Waals surface area contributed by atoms with Crippen LogP contribution < -0.4 is 4.74 Å². The lowest BCUT2D eigenvalue weighted by molar-refractivity contribution is -0.131. The predicted octanol–water partition coefficient (Wildman–Crippen LogP) is 2.10. The largest absolute Gasteiger partial charge is 0.504 e. The molecular formula is C10H9IO4. The molecule has 0 atom stereocenters. The number of aliphatic carboxylic acids is 1. The van der Waals surface area contributed by atoms with E-state index >= 15 is 0 Å². The van der Waals surface area contributed by atoms with Gasteiger partial charge in [-0.05, 0) is 46.4 Å². The summed E-state index contributed by atoms with van der Waals surface area (Å²) in [4.78, 5) is 10.3. The highest BCUT2D eigenvalue weighted by Crippen LogP contribution is 2.33. The van der Waals surface area contributed by atoms with Gasteiger partial charge >= 0.3 is 5.97 Å². The van der Waals surface area contributed by atoms with E-state index in [1.165, 1.54) is 13.2 Å². The minimum absolute atomic E-state index is 0.0191. The van der Waals surface area contributed by atoms with Crippen molar-refractivity contribution in [2.75, 3.05) is 7.11 Å². The van der Waals surface area contributed by atoms with Crippen molar-refractivity contribution in [1.82, 2.24) is 0 Å². The lowest BCUT2D eigenvalue weighted by Gasteiger charge is -2.06. The zero-order valence-electron chi connectivity index (χ0n) is 7.90. The molecule has 1 aromatic carbocycles. The van der Waals surface area contributed by atoms with Gasteiger partial charge in [-0.1, -0.05) is 0 Å². The Morgan fingerprint density at radius 1 is 1.53 bits per heavy atom. The third-order valence-corrected chi connectivity index (χ3v) is 2.87. The summed E-state index contributed by atoms with van der Waals surface area (Å²) >= 11 is 1.93. The molecule has 0 unspecified atom stereocenters. The third-order valence-electron chi connectivity index (χ3n) is 1.73. The highest BCUT2D eigenvalue weighted by atomic mass is 127. The fourth-order valence-corrected chi connectivity index (χ4v) is 1.64. The Labute approximate surface area is 100 Å². The van der Waals surface area contributed by atoms with Crippen LogP contribution in [0.4, 0.5) is 0 Å². The molecule has 1 rings (SSSR count). The number of phenols is 1. The number of rotatable bonds is 3. The Morgan fingerprint density at radius 3 is 2.73 bits per heavy atom. The first-order valence-corrected chi connectivity index (χ1v) is 5.10. The van der Waals surface area contributed by atoms with E-state index in [1.807, 2.05) is 22.6 Å². The normalized spacial score (nSPS) is 10.5. The molecule has 0 saturated heterocycles. The van der Waals surface area contributed by atoms with Crippen LogP contribution in [0, 0.1) is 3.57 Å². The molecule has 1 aromatic rings. The number of ether oxygens (including phenoxy) is 1. The van der Waals surface area contributed by atoms with E-state index in [0.29, 0.717) is 14.9 Å². The zero-order chi connectivity index (χ0) is 11.4. The van der Waals surface area contributed by atoms with Crippen molar-refractivity contribution in [1.29, 1.82) is 0 Å². The second-order valence-electron chi connectivity index (χ2n) is 2.69. The minimum atomic E-state index is -1.03. The van der Waals surface area contributed by atoms with Crippen molar-refractivity contribution < 1.29 is 19.7 Å². The molecule has 15 heavy (non-hydrogen) atoms. The number of carboxylic acid groups (broad SMARTS) is 1. The molecule has 80 valence electrons. The Kier molecular flexibility index (Phi) is 3.96. The highest BCUT2D eigenvalue weighted by molar-refractivity contribution is 14.1. The lowest BCUT2D eigenvalue weighted by Crippen LogP contribution is -1.90. The Bertz CT molecular complexity index is 412. The maximum Gasteiger partial charge on any atom is 0.328 e. The molecule has 0 aliphatic heterocycles. The van der Waals surface area contributed by atoms with Crippen molar-refractivity contribution >= 4 is 34.6 Å². The average Bonchev–Trinajstić information content (AvgIpc) is 2.20. The average molecular weight is 320 g/mol. The van der Waals surface area contributed by atoms with Crippen molar-refractivity contribution in [3.63, 3.8) is 0 Å². The molecule has 0 aliphatic rings. The summed E-state index contributed by atoms with van der Waals surface area (Å²) in [6.07, 6.45) is 2.44. The van der Waals surface area contributed by atoms with Crippen molar-refractivity contribution in [3.8, 4) is 11.5 Å². The number of benzene rings is 1. The van der Waals surface area contributed by atoms with E-state index < -0.39 is 5.97 Å². The Balaban J connectivity index is 3.12. The molecule has 0 aromatic heterocycles. The molecule has 0 heterocycles. The molecule has 0 amide bonds. The van der Waals surface area contributed by atoms with Crippen LogP contribution in [0.3, 0.4) is 0 Å². The molecule has 0 bridgehead atoms. The van der Waals surface area contributed by atoms with Gasteiger partial charge in [-0.2, -0.15) is 0 Å². The van der Waals surface area contributed by atoms with Gasteiger partial charge in [-0.25, -0.2) is 4.79 Å². The highest BCUT2D eigenvalue weighted by Gasteiger charge is 2.08. The smallest absolute Gasteiger partial charge is 0.328 e. The van der Waals surface area contributed by atoms with Crippen LogP contribution in [0.5, 0.6) is 11.5 Å². The summed E-state index contributed by atoms with van der Waals surface area (Å²) in [5, 5.41) is 18.1. The predicted molar refractivity (Wildman–Crippen MR) is 64.0 cm³/mol. The molecule has 4 nitrogen and oxygen atoms in total. The van der Waals surface area contributed by atoms with Gasteiger partial charge in [0.25, 0.3) is 0 Å². The van der Waals surface area contributed by atoms with Crippen LogP contribution in [0.2, 0.25) is 0 Å². The molecule has 2 N–H and O–H groups in total. The van der Waals surface area contributed by atoms with Crippen LogP contribution in [0.15, 0.2) is 18.2 Å². The van der Waals surface area contributed by atoms with Gasteiger partial charge in [-0.3, -0.25) is 0 Å². The van der Waals surface area contributed by atoms with Crippen LogP contribution in [0.25, 0.3) is 6.08 Å². The number of hydrogen-bond donors (Lipinski definition) is 2. The van der Waals surface area contributed by atoms with E-state index in [1.54, 1.807) is 12.1 Å². The molecule has 0 radical (unpaired) electrons. The number of carbonyl (C=O) groups is 1. The van der Waals surface area contributed by atoms with Gasteiger partial charge in [0, 0.05) is 6.08 Å². The Hall–Kier alpha value is -1.24. The van der Waals surface area contributed by atoms with Crippen molar-refractivity contribution in [2.24, 2.45) is 0 Å². The standard InChI is InChI=1S/C10H9IO4/c1-15-7-4-2-6(3-5-8(12)13)9(11)10(7)14/h2-5,14H,1H3,(H,12,13)/b5-3+. The molecule has 0 spiro atoms. The fourth-order valence-electron chi connectivity index (χ4n) is 1.02. The number of hydrogen-bond acceptors (Lipinski definition) is 3. The van der Waals surface area contributed by atoms with E-state index in [-0.39, 0.29) is 5.75 Å². The van der Waals surface area contributed by atoms with Crippen LogP contribution in [0.1, 0.15) is 5.56 Å². The fraction of sp³-hybridized carbons (Fsp3) is 0.100. The van der Waals surface area contributed by atoms with Crippen molar-refractivity contribution in [2.45, 2.75) is 0 Å². The molecule has 0 fully saturated rings. The van der Waals surface area contributed by atoms with Gasteiger partial charge in [0.1, 0.15) is 0 Å². The second kappa shape index (κ2) is 5.01. The molecule has 0 saturated carbocycles. The van der Waals surface area contributed by atoms with Crippen molar-refractivity contribution in [3.05, 3.63) is 27.3 Å². The first-order chi connectivity index (χ1) is 7.06. The minimum Gasteiger partial charge on any atom is -0.504 e. The molecule has 0 aliphatic carbocycles. The van der Waals surface area contributed by atoms with Gasteiger partial charge in [0.15, 0.2) is 11.5 Å². The number of aromatic hydroxyl groups is 1. The summed E-state index contributed by atoms with van der Waals surface area (Å²) in [5.74, 6) is -0.640. The van der Waals surface area contributed by atoms with Gasteiger partial charge in [0.05, 0.1) is 10.7 Å². The zero-order valence-corrected chi connectivity index (χ0v) is 10.1. The van der Waals surface area contributed by atoms with E-state index in [0.717, 1.165) is 6.08 Å². The number of halogens is 1. The monoisotopic (exact) mass is 320 g/mol. The van der Waals surface area contributed by atoms with E-state index in [9.17, 15) is 9.90 Å². The topological polar surface area (TPSA) is 66.8 Å². The SMILES string of the molecule is COc1ccc(/C=C/C(=O)O)c(I)c1O. The van der Waals surface area contributed by atoms with Gasteiger partial charge in [-0.15, -0.1) is 0 Å². The maximum atomic E-state index is 10.3. The van der Waals surface area contributed by atoms with Crippen LogP contribution >= 0.6 is 22.6 Å².